The smallest absolute Gasteiger partial charge is 0.325 e. The molecule has 202 valence electrons. The molecule has 11 heteroatoms. The number of benzene rings is 2. The van der Waals surface area contributed by atoms with Crippen LogP contribution in [0.3, 0.4) is 0 Å². The number of carbonyl (C=O) groups is 3. The maximum Gasteiger partial charge on any atom is 0.325 e. The highest BCUT2D eigenvalue weighted by molar-refractivity contribution is 7.12. The molecule has 2 atom stereocenters. The van der Waals surface area contributed by atoms with E-state index in [-0.39, 0.29) is 0 Å². The second kappa shape index (κ2) is 10.4. The fourth-order valence-corrected chi connectivity index (χ4v) is 5.54. The molecule has 1 N–H and O–H groups in total. The summed E-state index contributed by atoms with van der Waals surface area (Å²) < 4.78 is 16.0. The first-order valence-corrected chi connectivity index (χ1v) is 13.1. The van der Waals surface area contributed by atoms with Gasteiger partial charge in [0, 0.05) is 6.42 Å². The molecule has 0 unspecified atom stereocenters. The van der Waals surface area contributed by atoms with Crippen LogP contribution in [0.1, 0.15) is 35.4 Å². The highest BCUT2D eigenvalue weighted by Gasteiger charge is 2.50. The predicted octanol–water partition coefficient (Wildman–Crippen LogP) is 3.92. The Hall–Kier alpha value is -4.38. The third kappa shape index (κ3) is 4.69. The molecule has 10 nitrogen and oxygen atoms in total. The van der Waals surface area contributed by atoms with Crippen molar-refractivity contribution in [1.29, 1.82) is 0 Å². The molecule has 5 rings (SSSR count). The van der Waals surface area contributed by atoms with Crippen LogP contribution in [0.4, 0.5) is 4.79 Å². The Morgan fingerprint density at radius 1 is 1.05 bits per heavy atom. The Morgan fingerprint density at radius 3 is 2.44 bits per heavy atom. The number of hydrogen-bond acceptors (Lipinski definition) is 8. The van der Waals surface area contributed by atoms with Crippen molar-refractivity contribution in [1.82, 2.24) is 15.2 Å². The maximum atomic E-state index is 13.7. The van der Waals surface area contributed by atoms with Crippen LogP contribution >= 0.6 is 11.3 Å². The van der Waals surface area contributed by atoms with Crippen molar-refractivity contribution in [3.63, 3.8) is 0 Å². The third-order valence-electron chi connectivity index (χ3n) is 7.00. The molecule has 1 saturated heterocycles. The number of hydrogen-bond donors (Lipinski definition) is 1. The van der Waals surface area contributed by atoms with E-state index >= 15 is 0 Å². The zero-order valence-corrected chi connectivity index (χ0v) is 22.8. The van der Waals surface area contributed by atoms with E-state index in [9.17, 15) is 14.4 Å². The molecule has 3 aromatic rings. The molecule has 3 heterocycles. The lowest BCUT2D eigenvalue weighted by Crippen LogP contribution is -2.43. The summed E-state index contributed by atoms with van der Waals surface area (Å²) in [5.74, 6) is 0.713. The summed E-state index contributed by atoms with van der Waals surface area (Å²) in [6, 6.07) is 15.1. The van der Waals surface area contributed by atoms with Crippen molar-refractivity contribution in [2.45, 2.75) is 24.9 Å². The van der Waals surface area contributed by atoms with Crippen LogP contribution in [0.2, 0.25) is 0 Å². The monoisotopic (exact) mass is 548 g/mol. The molecule has 2 aliphatic heterocycles. The van der Waals surface area contributed by atoms with Crippen molar-refractivity contribution < 1.29 is 28.6 Å². The molecule has 0 saturated carbocycles. The second-order valence-corrected chi connectivity index (χ2v) is 10.2. The molecule has 0 radical (unpaired) electrons. The zero-order valence-electron chi connectivity index (χ0n) is 22.0. The SMILES string of the molecule is COc1ccc([C@@]2(C)NC(=O)N(CC(=O)N3N=C(c4cccs4)C[C@H]3c3ccc(OC)c(OC)c3)C2=O)cc1. The van der Waals surface area contributed by atoms with E-state index in [0.29, 0.717) is 29.2 Å². The van der Waals surface area contributed by atoms with Gasteiger partial charge in [0.05, 0.1) is 38.0 Å². The number of imide groups is 1. The number of urea groups is 1. The van der Waals surface area contributed by atoms with E-state index in [4.69, 9.17) is 14.2 Å². The first-order valence-electron chi connectivity index (χ1n) is 12.2. The molecule has 2 aliphatic rings. The topological polar surface area (TPSA) is 110 Å². The molecule has 1 aromatic heterocycles. The molecular weight excluding hydrogens is 520 g/mol. The van der Waals surface area contributed by atoms with E-state index in [0.717, 1.165) is 21.1 Å². The lowest BCUT2D eigenvalue weighted by Gasteiger charge is -2.25. The summed E-state index contributed by atoms with van der Waals surface area (Å²) >= 11 is 1.53. The molecule has 0 bridgehead atoms. The fraction of sp³-hybridized carbons (Fsp3) is 0.286. The molecule has 1 fully saturated rings. The van der Waals surface area contributed by atoms with Crippen LogP contribution in [0.5, 0.6) is 17.2 Å². The van der Waals surface area contributed by atoms with E-state index < -0.39 is 36.0 Å². The van der Waals surface area contributed by atoms with Crippen molar-refractivity contribution in [2.24, 2.45) is 5.10 Å². The van der Waals surface area contributed by atoms with Crippen LogP contribution in [-0.4, -0.2) is 61.3 Å². The summed E-state index contributed by atoms with van der Waals surface area (Å²) in [6.45, 7) is 1.16. The van der Waals surface area contributed by atoms with Crippen LogP contribution in [-0.2, 0) is 15.1 Å². The molecule has 2 aromatic carbocycles. The first kappa shape index (κ1) is 26.2. The van der Waals surface area contributed by atoms with E-state index in [2.05, 4.69) is 10.4 Å². The summed E-state index contributed by atoms with van der Waals surface area (Å²) in [6.07, 6.45) is 0.464. The van der Waals surface area contributed by atoms with Crippen LogP contribution < -0.4 is 19.5 Å². The Balaban J connectivity index is 1.42. The van der Waals surface area contributed by atoms with Crippen molar-refractivity contribution in [3.8, 4) is 17.2 Å². The van der Waals surface area contributed by atoms with Gasteiger partial charge in [-0.25, -0.2) is 9.80 Å². The molecule has 0 aliphatic carbocycles. The number of thiophene rings is 1. The quantitative estimate of drug-likeness (QED) is 0.428. The maximum absolute atomic E-state index is 13.7. The summed E-state index contributed by atoms with van der Waals surface area (Å²) in [5, 5.41) is 10.7. The summed E-state index contributed by atoms with van der Waals surface area (Å²) in [5.41, 5.74) is 0.803. The van der Waals surface area contributed by atoms with Gasteiger partial charge in [0.25, 0.3) is 11.8 Å². The normalized spacial score (nSPS) is 20.6. The third-order valence-corrected chi connectivity index (χ3v) is 7.92. The van der Waals surface area contributed by atoms with Crippen molar-refractivity contribution >= 4 is 34.9 Å². The molecule has 0 spiro atoms. The van der Waals surface area contributed by atoms with Gasteiger partial charge in [0.2, 0.25) is 0 Å². The van der Waals surface area contributed by atoms with Gasteiger partial charge in [-0.05, 0) is 53.8 Å². The lowest BCUT2D eigenvalue weighted by molar-refractivity contribution is -0.140. The van der Waals surface area contributed by atoms with Gasteiger partial charge in [0.15, 0.2) is 11.5 Å². The van der Waals surface area contributed by atoms with Crippen molar-refractivity contribution in [3.05, 3.63) is 76.0 Å². The minimum atomic E-state index is -1.32. The van der Waals surface area contributed by atoms with Gasteiger partial charge in [0.1, 0.15) is 17.8 Å². The number of ether oxygens (including phenoxy) is 3. The number of carbonyl (C=O) groups excluding carboxylic acids is 3. The predicted molar refractivity (Wildman–Crippen MR) is 145 cm³/mol. The number of nitrogens with zero attached hydrogens (tertiary/aromatic N) is 3. The van der Waals surface area contributed by atoms with E-state index in [1.165, 1.54) is 16.3 Å². The summed E-state index contributed by atoms with van der Waals surface area (Å²) in [4.78, 5) is 42.0. The number of nitrogens with one attached hydrogen (secondary N) is 1. The number of hydrazone groups is 1. The largest absolute Gasteiger partial charge is 0.497 e. The Kier molecular flexibility index (Phi) is 7.00. The van der Waals surface area contributed by atoms with Crippen LogP contribution in [0, 0.1) is 0 Å². The lowest BCUT2D eigenvalue weighted by atomic mass is 9.92. The Morgan fingerprint density at radius 2 is 1.79 bits per heavy atom. The average molecular weight is 549 g/mol. The van der Waals surface area contributed by atoms with Gasteiger partial charge < -0.3 is 19.5 Å². The summed E-state index contributed by atoms with van der Waals surface area (Å²) in [7, 11) is 4.65. The zero-order chi connectivity index (χ0) is 27.7. The molecule has 39 heavy (non-hydrogen) atoms. The Labute approximate surface area is 229 Å². The first-order chi connectivity index (χ1) is 18.8. The highest BCUT2D eigenvalue weighted by atomic mass is 32.1. The van der Waals surface area contributed by atoms with Gasteiger partial charge >= 0.3 is 6.03 Å². The average Bonchev–Trinajstić information content (AvgIpc) is 3.69. The Bertz CT molecular complexity index is 1440. The van der Waals surface area contributed by atoms with Crippen LogP contribution in [0.25, 0.3) is 0 Å². The van der Waals surface area contributed by atoms with Gasteiger partial charge in [-0.1, -0.05) is 24.3 Å². The van der Waals surface area contributed by atoms with Gasteiger partial charge in [-0.2, -0.15) is 5.10 Å². The minimum Gasteiger partial charge on any atom is -0.497 e. The van der Waals surface area contributed by atoms with Gasteiger partial charge in [-0.3, -0.25) is 14.5 Å². The fourth-order valence-electron chi connectivity index (χ4n) is 4.82. The van der Waals surface area contributed by atoms with E-state index in [1.807, 2.05) is 29.6 Å². The highest BCUT2D eigenvalue weighted by Crippen LogP contribution is 2.38. The number of methoxy groups -OCH3 is 3. The number of rotatable bonds is 8. The van der Waals surface area contributed by atoms with Crippen LogP contribution in [0.15, 0.2) is 65.1 Å². The van der Waals surface area contributed by atoms with Crippen molar-refractivity contribution in [2.75, 3.05) is 27.9 Å². The molecular formula is C28H28N4O6S. The molecule has 4 amide bonds. The van der Waals surface area contributed by atoms with E-state index in [1.54, 1.807) is 58.6 Å². The minimum absolute atomic E-state index is 0.455. The standard InChI is InChI=1S/C28H28N4O6S/c1-28(18-8-10-19(36-2)11-9-18)26(34)31(27(35)29-28)16-25(33)32-21(15-20(30-32)24-6-5-13-39-24)17-7-12-22(37-3)23(14-17)38-4/h5-14,21H,15-16H2,1-4H3,(H,29,35)/t21-,28+/m0/s1. The van der Waals surface area contributed by atoms with Gasteiger partial charge in [-0.15, -0.1) is 11.3 Å². The number of amides is 4. The second-order valence-electron chi connectivity index (χ2n) is 9.27.